The van der Waals surface area contributed by atoms with Crippen molar-refractivity contribution < 1.29 is 18.0 Å². The van der Waals surface area contributed by atoms with Crippen molar-refractivity contribution in [1.82, 2.24) is 9.79 Å². The lowest BCUT2D eigenvalue weighted by atomic mass is 9.99. The van der Waals surface area contributed by atoms with E-state index in [9.17, 15) is 13.2 Å². The second-order valence-electron chi connectivity index (χ2n) is 6.45. The summed E-state index contributed by atoms with van der Waals surface area (Å²) in [6.45, 7) is 4.34. The van der Waals surface area contributed by atoms with Gasteiger partial charge in [0.05, 0.1) is 10.9 Å². The average Bonchev–Trinajstić information content (AvgIpc) is 3.13. The summed E-state index contributed by atoms with van der Waals surface area (Å²) < 4.78 is 27.4. The summed E-state index contributed by atoms with van der Waals surface area (Å²) in [6, 6.07) is 7.33. The Labute approximate surface area is 148 Å². The molecule has 136 valence electrons. The number of hydrogen-bond acceptors (Lipinski definition) is 6. The van der Waals surface area contributed by atoms with Crippen molar-refractivity contribution in [2.75, 3.05) is 6.54 Å². The first-order valence-corrected chi connectivity index (χ1v) is 10.0. The van der Waals surface area contributed by atoms with Crippen molar-refractivity contribution in [3.8, 4) is 0 Å². The number of rotatable bonds is 5. The summed E-state index contributed by atoms with van der Waals surface area (Å²) in [7, 11) is -3.62. The lowest BCUT2D eigenvalue weighted by molar-refractivity contribution is -0.152. The van der Waals surface area contributed by atoms with Crippen molar-refractivity contribution in [2.45, 2.75) is 50.1 Å². The van der Waals surface area contributed by atoms with Crippen LogP contribution in [0.15, 0.2) is 40.2 Å². The summed E-state index contributed by atoms with van der Waals surface area (Å²) in [5.41, 5.74) is 2.57. The van der Waals surface area contributed by atoms with E-state index < -0.39 is 28.1 Å². The van der Waals surface area contributed by atoms with Gasteiger partial charge in [0, 0.05) is 6.54 Å². The number of hydroxylamine groups is 1. The lowest BCUT2D eigenvalue weighted by Gasteiger charge is -2.30. The molecule has 1 aromatic carbocycles. The first-order chi connectivity index (χ1) is 11.9. The summed E-state index contributed by atoms with van der Waals surface area (Å²) in [5, 5.41) is 0. The van der Waals surface area contributed by atoms with Gasteiger partial charge in [0.25, 0.3) is 0 Å². The standard InChI is InChI=1S/C17H23N3O4S/c1-3-12(2)15-17(21)24-19-16(18-15)14-10-7-11-20(14)25(22,23)13-8-5-4-6-9-13/h4-6,8-9,12,14-15H,3,7,10-11H2,1-2H3,(H,18,19)/t12?,14-,15+/m0/s1. The van der Waals surface area contributed by atoms with Crippen LogP contribution in [0.2, 0.25) is 0 Å². The maximum atomic E-state index is 13.0. The largest absolute Gasteiger partial charge is 0.356 e. The van der Waals surface area contributed by atoms with Crippen LogP contribution >= 0.6 is 0 Å². The number of aliphatic imine (C=N–C) groups is 1. The van der Waals surface area contributed by atoms with Crippen molar-refractivity contribution in [3.05, 3.63) is 30.3 Å². The number of carbonyl (C=O) groups is 1. The van der Waals surface area contributed by atoms with Crippen LogP contribution < -0.4 is 5.48 Å². The predicted octanol–water partition coefficient (Wildman–Crippen LogP) is 1.71. The third kappa shape index (κ3) is 3.41. The van der Waals surface area contributed by atoms with Gasteiger partial charge in [-0.25, -0.2) is 18.7 Å². The third-order valence-corrected chi connectivity index (χ3v) is 6.75. The molecular weight excluding hydrogens is 342 g/mol. The number of carbonyl (C=O) groups excluding carboxylic acids is 1. The third-order valence-electron chi connectivity index (χ3n) is 4.83. The van der Waals surface area contributed by atoms with Gasteiger partial charge in [-0.2, -0.15) is 4.31 Å². The van der Waals surface area contributed by atoms with E-state index in [1.165, 1.54) is 4.31 Å². The molecule has 2 heterocycles. The molecule has 1 N–H and O–H groups in total. The highest BCUT2D eigenvalue weighted by molar-refractivity contribution is 7.89. The molecule has 8 heteroatoms. The van der Waals surface area contributed by atoms with Crippen LogP contribution in [0.4, 0.5) is 0 Å². The Morgan fingerprint density at radius 2 is 2.08 bits per heavy atom. The maximum Gasteiger partial charge on any atom is 0.356 e. The molecule has 25 heavy (non-hydrogen) atoms. The molecule has 1 aromatic rings. The molecule has 0 amide bonds. The van der Waals surface area contributed by atoms with Crippen LogP contribution in [-0.2, 0) is 19.7 Å². The van der Waals surface area contributed by atoms with Crippen LogP contribution in [0.3, 0.4) is 0 Å². The Morgan fingerprint density at radius 1 is 1.36 bits per heavy atom. The molecule has 0 aromatic heterocycles. The van der Waals surface area contributed by atoms with Gasteiger partial charge in [-0.1, -0.05) is 38.5 Å². The normalized spacial score (nSPS) is 25.8. The van der Waals surface area contributed by atoms with Crippen LogP contribution in [0.5, 0.6) is 0 Å². The summed E-state index contributed by atoms with van der Waals surface area (Å²) in [4.78, 5) is 21.8. The summed E-state index contributed by atoms with van der Waals surface area (Å²) >= 11 is 0. The highest BCUT2D eigenvalue weighted by atomic mass is 32.2. The highest BCUT2D eigenvalue weighted by Crippen LogP contribution is 2.28. The Morgan fingerprint density at radius 3 is 2.76 bits per heavy atom. The Balaban J connectivity index is 1.90. The molecule has 0 saturated carbocycles. The van der Waals surface area contributed by atoms with Crippen molar-refractivity contribution in [1.29, 1.82) is 0 Å². The first-order valence-electron chi connectivity index (χ1n) is 8.56. The molecule has 7 nitrogen and oxygen atoms in total. The number of hydrogen-bond donors (Lipinski definition) is 1. The van der Waals surface area contributed by atoms with E-state index in [4.69, 9.17) is 4.84 Å². The van der Waals surface area contributed by atoms with E-state index in [2.05, 4.69) is 10.5 Å². The minimum absolute atomic E-state index is 0.0326. The molecule has 1 unspecified atom stereocenters. The quantitative estimate of drug-likeness (QED) is 0.858. The van der Waals surface area contributed by atoms with Gasteiger partial charge in [0.15, 0.2) is 11.9 Å². The number of nitrogens with one attached hydrogen (secondary N) is 1. The fourth-order valence-electron chi connectivity index (χ4n) is 3.16. The molecular formula is C17H23N3O4S. The first kappa shape index (κ1) is 17.9. The second kappa shape index (κ2) is 7.13. The number of nitrogens with zero attached hydrogens (tertiary/aromatic N) is 2. The van der Waals surface area contributed by atoms with Gasteiger partial charge in [0.2, 0.25) is 10.0 Å². The van der Waals surface area contributed by atoms with E-state index in [-0.39, 0.29) is 10.8 Å². The van der Waals surface area contributed by atoms with Gasteiger partial charge in [-0.15, -0.1) is 0 Å². The summed E-state index contributed by atoms with van der Waals surface area (Å²) in [6.07, 6.45) is 2.16. The number of amidine groups is 1. The molecule has 1 fully saturated rings. The van der Waals surface area contributed by atoms with E-state index in [1.807, 2.05) is 13.8 Å². The molecule has 0 aliphatic carbocycles. The van der Waals surface area contributed by atoms with Gasteiger partial charge in [-0.05, 0) is 30.9 Å². The van der Waals surface area contributed by atoms with Gasteiger partial charge >= 0.3 is 5.97 Å². The monoisotopic (exact) mass is 365 g/mol. The fourth-order valence-corrected chi connectivity index (χ4v) is 4.84. The second-order valence-corrected chi connectivity index (χ2v) is 8.35. The lowest BCUT2D eigenvalue weighted by Crippen LogP contribution is -2.51. The molecule has 0 bridgehead atoms. The minimum Gasteiger partial charge on any atom is -0.340 e. The summed E-state index contributed by atoms with van der Waals surface area (Å²) in [5.74, 6) is 0.0284. The van der Waals surface area contributed by atoms with E-state index in [0.717, 1.165) is 12.8 Å². The smallest absolute Gasteiger partial charge is 0.340 e. The van der Waals surface area contributed by atoms with Crippen LogP contribution in [0.25, 0.3) is 0 Å². The van der Waals surface area contributed by atoms with E-state index in [0.29, 0.717) is 18.8 Å². The van der Waals surface area contributed by atoms with Crippen molar-refractivity contribution in [2.24, 2.45) is 10.9 Å². The topological polar surface area (TPSA) is 88.1 Å². The number of sulfonamides is 1. The zero-order valence-corrected chi connectivity index (χ0v) is 15.2. The zero-order chi connectivity index (χ0) is 18.0. The predicted molar refractivity (Wildman–Crippen MR) is 93.3 cm³/mol. The molecule has 3 atom stereocenters. The Bertz CT molecular complexity index is 763. The molecule has 1 saturated heterocycles. The molecule has 2 aliphatic heterocycles. The van der Waals surface area contributed by atoms with Crippen molar-refractivity contribution in [3.63, 3.8) is 0 Å². The SMILES string of the molecule is CCC(C)[C@H]1N=C([C@@H]2CCCN2S(=O)(=O)c2ccccc2)NOC1=O. The van der Waals surface area contributed by atoms with Gasteiger partial charge in [-0.3, -0.25) is 4.99 Å². The average molecular weight is 365 g/mol. The Kier molecular flexibility index (Phi) is 5.10. The Hall–Kier alpha value is -1.93. The molecule has 3 rings (SSSR count). The highest BCUT2D eigenvalue weighted by Gasteiger charge is 2.41. The van der Waals surface area contributed by atoms with E-state index >= 15 is 0 Å². The molecule has 0 radical (unpaired) electrons. The fraction of sp³-hybridized carbons (Fsp3) is 0.529. The van der Waals surface area contributed by atoms with E-state index in [1.54, 1.807) is 30.3 Å². The zero-order valence-electron chi connectivity index (χ0n) is 14.4. The van der Waals surface area contributed by atoms with Crippen LogP contribution in [-0.4, -0.2) is 43.2 Å². The minimum atomic E-state index is -3.62. The van der Waals surface area contributed by atoms with Crippen molar-refractivity contribution >= 4 is 21.8 Å². The molecule has 0 spiro atoms. The maximum absolute atomic E-state index is 13.0. The number of benzene rings is 1. The van der Waals surface area contributed by atoms with Crippen LogP contribution in [0, 0.1) is 5.92 Å². The van der Waals surface area contributed by atoms with Gasteiger partial charge < -0.3 is 4.84 Å². The molecule has 2 aliphatic rings. The van der Waals surface area contributed by atoms with Gasteiger partial charge in [0.1, 0.15) is 0 Å². The van der Waals surface area contributed by atoms with Crippen LogP contribution in [0.1, 0.15) is 33.1 Å².